The summed E-state index contributed by atoms with van der Waals surface area (Å²) in [5.41, 5.74) is 2.29. The Morgan fingerprint density at radius 3 is 2.62 bits per heavy atom. The van der Waals surface area contributed by atoms with Crippen molar-refractivity contribution in [2.75, 3.05) is 5.32 Å². The molecule has 0 spiro atoms. The monoisotopic (exact) mass is 276 g/mol. The number of anilines is 1. The Morgan fingerprint density at radius 2 is 1.94 bits per heavy atom. The molecule has 2 rings (SSSR count). The van der Waals surface area contributed by atoms with Crippen molar-refractivity contribution in [3.05, 3.63) is 58.8 Å². The number of aromatic nitrogens is 1. The number of benzene rings is 1. The topological polar surface area (TPSA) is 24.9 Å². The number of nitrogens with zero attached hydrogens (tertiary/aromatic N) is 1. The van der Waals surface area contributed by atoms with Crippen LogP contribution in [-0.4, -0.2) is 4.98 Å². The van der Waals surface area contributed by atoms with Gasteiger partial charge < -0.3 is 5.32 Å². The molecule has 0 fully saturated rings. The summed E-state index contributed by atoms with van der Waals surface area (Å²) in [5.74, 6) is 0. The van der Waals surface area contributed by atoms with Crippen molar-refractivity contribution in [2.24, 2.45) is 0 Å². The summed E-state index contributed by atoms with van der Waals surface area (Å²) in [7, 11) is 0. The van der Waals surface area contributed by atoms with Crippen LogP contribution < -0.4 is 5.32 Å². The van der Waals surface area contributed by atoms with E-state index in [1.54, 1.807) is 6.20 Å². The van der Waals surface area contributed by atoms with E-state index < -0.39 is 0 Å². The smallest absolute Gasteiger partial charge is 0.0542 e. The first kappa shape index (κ1) is 11.1. The molecule has 0 saturated heterocycles. The fourth-order valence-corrected chi connectivity index (χ4v) is 1.93. The molecular weight excluding hydrogens is 264 g/mol. The first-order valence-corrected chi connectivity index (χ1v) is 5.97. The molecule has 0 aliphatic carbocycles. The standard InChI is InChI=1S/C13H13BrN2/c1-10(11-5-3-2-4-6-11)16-13-7-12(14)8-15-9-13/h2-10,16H,1H3. The van der Waals surface area contributed by atoms with Crippen LogP contribution in [0.1, 0.15) is 18.5 Å². The van der Waals surface area contributed by atoms with Crippen molar-refractivity contribution in [2.45, 2.75) is 13.0 Å². The molecule has 82 valence electrons. The van der Waals surface area contributed by atoms with Gasteiger partial charge in [-0.2, -0.15) is 0 Å². The van der Waals surface area contributed by atoms with E-state index in [0.717, 1.165) is 10.2 Å². The van der Waals surface area contributed by atoms with E-state index in [9.17, 15) is 0 Å². The Kier molecular flexibility index (Phi) is 3.57. The third-order valence-electron chi connectivity index (χ3n) is 2.39. The second-order valence-electron chi connectivity index (χ2n) is 3.67. The number of pyridine rings is 1. The van der Waals surface area contributed by atoms with Crippen LogP contribution in [0.15, 0.2) is 53.3 Å². The van der Waals surface area contributed by atoms with E-state index in [2.05, 4.69) is 45.3 Å². The largest absolute Gasteiger partial charge is 0.377 e. The second kappa shape index (κ2) is 5.12. The van der Waals surface area contributed by atoms with Gasteiger partial charge in [-0.05, 0) is 34.5 Å². The minimum Gasteiger partial charge on any atom is -0.377 e. The lowest BCUT2D eigenvalue weighted by Crippen LogP contribution is -2.06. The fraction of sp³-hybridized carbons (Fsp3) is 0.154. The van der Waals surface area contributed by atoms with E-state index in [-0.39, 0.29) is 6.04 Å². The molecule has 0 saturated carbocycles. The third kappa shape index (κ3) is 2.83. The molecule has 1 aromatic heterocycles. The Morgan fingerprint density at radius 1 is 1.19 bits per heavy atom. The molecular formula is C13H13BrN2. The number of hydrogen-bond donors (Lipinski definition) is 1. The fourth-order valence-electron chi connectivity index (χ4n) is 1.57. The molecule has 2 aromatic rings. The van der Waals surface area contributed by atoms with Gasteiger partial charge in [0.1, 0.15) is 0 Å². The third-order valence-corrected chi connectivity index (χ3v) is 2.82. The molecule has 0 radical (unpaired) electrons. The van der Waals surface area contributed by atoms with E-state index >= 15 is 0 Å². The van der Waals surface area contributed by atoms with Crippen LogP contribution in [0.25, 0.3) is 0 Å². The quantitative estimate of drug-likeness (QED) is 0.916. The zero-order valence-electron chi connectivity index (χ0n) is 9.02. The van der Waals surface area contributed by atoms with Crippen molar-refractivity contribution in [1.29, 1.82) is 0 Å². The average molecular weight is 277 g/mol. The number of rotatable bonds is 3. The van der Waals surface area contributed by atoms with Crippen molar-refractivity contribution in [3.63, 3.8) is 0 Å². The highest BCUT2D eigenvalue weighted by molar-refractivity contribution is 9.10. The lowest BCUT2D eigenvalue weighted by molar-refractivity contribution is 0.882. The molecule has 1 atom stereocenters. The lowest BCUT2D eigenvalue weighted by atomic mass is 10.1. The van der Waals surface area contributed by atoms with Gasteiger partial charge in [-0.25, -0.2) is 0 Å². The van der Waals surface area contributed by atoms with Crippen LogP contribution in [0.4, 0.5) is 5.69 Å². The Balaban J connectivity index is 2.11. The molecule has 1 N–H and O–H groups in total. The van der Waals surface area contributed by atoms with Gasteiger partial charge in [-0.1, -0.05) is 30.3 Å². The van der Waals surface area contributed by atoms with Gasteiger partial charge in [0, 0.05) is 16.7 Å². The zero-order valence-corrected chi connectivity index (χ0v) is 10.6. The summed E-state index contributed by atoms with van der Waals surface area (Å²) in [6.07, 6.45) is 3.60. The predicted octanol–water partition coefficient (Wildman–Crippen LogP) is 4.02. The summed E-state index contributed by atoms with van der Waals surface area (Å²) in [4.78, 5) is 4.12. The highest BCUT2D eigenvalue weighted by Gasteiger charge is 2.04. The van der Waals surface area contributed by atoms with Gasteiger partial charge in [0.15, 0.2) is 0 Å². The predicted molar refractivity (Wildman–Crippen MR) is 70.4 cm³/mol. The maximum Gasteiger partial charge on any atom is 0.0542 e. The summed E-state index contributed by atoms with van der Waals surface area (Å²) in [5, 5.41) is 3.41. The number of nitrogens with one attached hydrogen (secondary N) is 1. The molecule has 0 bridgehead atoms. The Hall–Kier alpha value is -1.35. The minimum absolute atomic E-state index is 0.275. The molecule has 1 heterocycles. The SMILES string of the molecule is CC(Nc1cncc(Br)c1)c1ccccc1. The van der Waals surface area contributed by atoms with Gasteiger partial charge in [-0.3, -0.25) is 4.98 Å². The van der Waals surface area contributed by atoms with E-state index in [4.69, 9.17) is 0 Å². The van der Waals surface area contributed by atoms with E-state index in [1.807, 2.05) is 30.5 Å². The minimum atomic E-state index is 0.275. The van der Waals surface area contributed by atoms with Gasteiger partial charge in [0.05, 0.1) is 11.9 Å². The summed E-state index contributed by atoms with van der Waals surface area (Å²) < 4.78 is 0.984. The van der Waals surface area contributed by atoms with Gasteiger partial charge >= 0.3 is 0 Å². The van der Waals surface area contributed by atoms with Gasteiger partial charge in [0.2, 0.25) is 0 Å². The maximum atomic E-state index is 4.12. The van der Waals surface area contributed by atoms with Crippen molar-refractivity contribution in [3.8, 4) is 0 Å². The second-order valence-corrected chi connectivity index (χ2v) is 4.58. The molecule has 3 heteroatoms. The van der Waals surface area contributed by atoms with E-state index in [0.29, 0.717) is 0 Å². The molecule has 2 nitrogen and oxygen atoms in total. The number of halogens is 1. The van der Waals surface area contributed by atoms with Crippen LogP contribution in [0, 0.1) is 0 Å². The van der Waals surface area contributed by atoms with Crippen LogP contribution in [0.3, 0.4) is 0 Å². The molecule has 1 aromatic carbocycles. The summed E-state index contributed by atoms with van der Waals surface area (Å²) in [6, 6.07) is 12.6. The Labute approximate surface area is 104 Å². The first-order valence-electron chi connectivity index (χ1n) is 5.18. The van der Waals surface area contributed by atoms with Crippen LogP contribution in [0.2, 0.25) is 0 Å². The van der Waals surface area contributed by atoms with Crippen molar-refractivity contribution in [1.82, 2.24) is 4.98 Å². The lowest BCUT2D eigenvalue weighted by Gasteiger charge is -2.15. The average Bonchev–Trinajstić information content (AvgIpc) is 2.30. The highest BCUT2D eigenvalue weighted by Crippen LogP contribution is 2.20. The number of hydrogen-bond acceptors (Lipinski definition) is 2. The first-order chi connectivity index (χ1) is 7.75. The molecule has 0 amide bonds. The molecule has 0 aliphatic heterocycles. The van der Waals surface area contributed by atoms with E-state index in [1.165, 1.54) is 5.56 Å². The molecule has 16 heavy (non-hydrogen) atoms. The van der Waals surface area contributed by atoms with Gasteiger partial charge in [-0.15, -0.1) is 0 Å². The molecule has 1 unspecified atom stereocenters. The normalized spacial score (nSPS) is 12.1. The van der Waals surface area contributed by atoms with Crippen molar-refractivity contribution >= 4 is 21.6 Å². The van der Waals surface area contributed by atoms with Crippen LogP contribution >= 0.6 is 15.9 Å². The van der Waals surface area contributed by atoms with Crippen LogP contribution in [0.5, 0.6) is 0 Å². The summed E-state index contributed by atoms with van der Waals surface area (Å²) >= 11 is 3.41. The van der Waals surface area contributed by atoms with Crippen molar-refractivity contribution < 1.29 is 0 Å². The van der Waals surface area contributed by atoms with Gasteiger partial charge in [0.25, 0.3) is 0 Å². The zero-order chi connectivity index (χ0) is 11.4. The molecule has 0 aliphatic rings. The summed E-state index contributed by atoms with van der Waals surface area (Å²) in [6.45, 7) is 2.14. The van der Waals surface area contributed by atoms with Crippen LogP contribution in [-0.2, 0) is 0 Å². The Bertz CT molecular complexity index is 456. The highest BCUT2D eigenvalue weighted by atomic mass is 79.9. The maximum absolute atomic E-state index is 4.12.